The van der Waals surface area contributed by atoms with Gasteiger partial charge < -0.3 is 9.05 Å². The molecule has 0 spiro atoms. The Kier molecular flexibility index (Phi) is 4.06. The smallest absolute Gasteiger partial charge is 0.305 e. The average Bonchev–Trinajstić information content (AvgIpc) is 2.57. The highest BCUT2D eigenvalue weighted by atomic mass is 32.1. The lowest BCUT2D eigenvalue weighted by molar-refractivity contribution is 0.230. The fourth-order valence-electron chi connectivity index (χ4n) is 0.849. The summed E-state index contributed by atoms with van der Waals surface area (Å²) in [5.41, 5.74) is 1.61. The van der Waals surface area contributed by atoms with Crippen LogP contribution < -0.4 is 4.62 Å². The summed E-state index contributed by atoms with van der Waals surface area (Å²) in [6.45, 7) is 4.31. The maximum absolute atomic E-state index is 12.0. The number of rotatable bonds is 5. The quantitative estimate of drug-likeness (QED) is 0.714. The van der Waals surface area contributed by atoms with Gasteiger partial charge >= 0.3 is 7.60 Å². The number of aromatic nitrogens is 1. The predicted molar refractivity (Wildman–Crippen MR) is 52.6 cm³/mol. The van der Waals surface area contributed by atoms with Crippen LogP contribution in [0.25, 0.3) is 0 Å². The lowest BCUT2D eigenvalue weighted by Gasteiger charge is -2.14. The molecule has 1 rings (SSSR count). The second-order valence-corrected chi connectivity index (χ2v) is 5.35. The van der Waals surface area contributed by atoms with Crippen molar-refractivity contribution in [2.45, 2.75) is 13.8 Å². The van der Waals surface area contributed by atoms with Crippen molar-refractivity contribution in [1.82, 2.24) is 4.98 Å². The molecular weight excluding hydrogens is 209 g/mol. The van der Waals surface area contributed by atoms with Crippen molar-refractivity contribution in [1.29, 1.82) is 0 Å². The van der Waals surface area contributed by atoms with Gasteiger partial charge in [0.2, 0.25) is 0 Å². The van der Waals surface area contributed by atoms with E-state index in [9.17, 15) is 4.57 Å². The van der Waals surface area contributed by atoms with Gasteiger partial charge in [0.15, 0.2) is 0 Å². The molecule has 0 aliphatic rings. The first-order valence-corrected chi connectivity index (χ1v) is 6.43. The first-order chi connectivity index (χ1) is 6.23. The van der Waals surface area contributed by atoms with Crippen molar-refractivity contribution < 1.29 is 13.6 Å². The zero-order valence-corrected chi connectivity index (χ0v) is 9.31. The Morgan fingerprint density at radius 2 is 2.08 bits per heavy atom. The molecule has 0 atom stereocenters. The van der Waals surface area contributed by atoms with E-state index in [1.165, 1.54) is 17.5 Å². The SMILES string of the molecule is CCOP(=O)(OCC)c1cncs1. The fraction of sp³-hybridized carbons (Fsp3) is 0.571. The molecule has 0 unspecified atom stereocenters. The van der Waals surface area contributed by atoms with Crippen LogP contribution in [0, 0.1) is 0 Å². The Labute approximate surface area is 81.4 Å². The number of hydrogen-bond acceptors (Lipinski definition) is 5. The van der Waals surface area contributed by atoms with E-state index in [0.29, 0.717) is 17.8 Å². The van der Waals surface area contributed by atoms with E-state index < -0.39 is 7.60 Å². The predicted octanol–water partition coefficient (Wildman–Crippen LogP) is 2.03. The number of hydrogen-bond donors (Lipinski definition) is 0. The van der Waals surface area contributed by atoms with Gasteiger partial charge in [0, 0.05) is 0 Å². The van der Waals surface area contributed by atoms with E-state index in [4.69, 9.17) is 9.05 Å². The Bertz CT molecular complexity index is 278. The van der Waals surface area contributed by atoms with E-state index in [2.05, 4.69) is 4.98 Å². The summed E-state index contributed by atoms with van der Waals surface area (Å²) < 4.78 is 22.8. The third kappa shape index (κ3) is 2.61. The first-order valence-electron chi connectivity index (χ1n) is 4.01. The van der Waals surface area contributed by atoms with E-state index in [0.717, 1.165) is 0 Å². The highest BCUT2D eigenvalue weighted by molar-refractivity contribution is 7.68. The fourth-order valence-corrected chi connectivity index (χ4v) is 3.39. The molecule has 0 bridgehead atoms. The molecule has 13 heavy (non-hydrogen) atoms. The first kappa shape index (κ1) is 10.9. The molecule has 74 valence electrons. The van der Waals surface area contributed by atoms with Crippen LogP contribution in [-0.4, -0.2) is 18.2 Å². The third-order valence-electron chi connectivity index (χ3n) is 1.29. The highest BCUT2D eigenvalue weighted by Gasteiger charge is 2.28. The summed E-state index contributed by atoms with van der Waals surface area (Å²) in [6, 6.07) is 0. The molecular formula is C7H12NO3PS. The summed E-state index contributed by atoms with van der Waals surface area (Å²) in [6.07, 6.45) is 1.52. The van der Waals surface area contributed by atoms with E-state index in [1.54, 1.807) is 19.4 Å². The van der Waals surface area contributed by atoms with Crippen LogP contribution >= 0.6 is 18.9 Å². The van der Waals surface area contributed by atoms with E-state index in [-0.39, 0.29) is 0 Å². The second-order valence-electron chi connectivity index (χ2n) is 2.17. The Hall–Kier alpha value is -0.220. The van der Waals surface area contributed by atoms with Crippen molar-refractivity contribution >= 4 is 23.6 Å². The Morgan fingerprint density at radius 3 is 2.46 bits per heavy atom. The molecule has 0 saturated heterocycles. The van der Waals surface area contributed by atoms with E-state index in [1.807, 2.05) is 0 Å². The van der Waals surface area contributed by atoms with Gasteiger partial charge in [-0.15, -0.1) is 11.3 Å². The standard InChI is InChI=1S/C7H12NO3PS/c1-3-10-12(9,11-4-2)7-5-8-6-13-7/h5-6H,3-4H2,1-2H3. The summed E-state index contributed by atoms with van der Waals surface area (Å²) in [5.74, 6) is 0. The van der Waals surface area contributed by atoms with Crippen LogP contribution in [0.4, 0.5) is 0 Å². The van der Waals surface area contributed by atoms with Gasteiger partial charge in [-0.3, -0.25) is 9.55 Å². The van der Waals surface area contributed by atoms with Gasteiger partial charge in [0.25, 0.3) is 0 Å². The lowest BCUT2D eigenvalue weighted by atomic mass is 10.9. The minimum Gasteiger partial charge on any atom is -0.305 e. The van der Waals surface area contributed by atoms with Gasteiger partial charge in [-0.25, -0.2) is 0 Å². The van der Waals surface area contributed by atoms with Crippen LogP contribution in [0.5, 0.6) is 0 Å². The molecule has 0 amide bonds. The molecule has 0 N–H and O–H groups in total. The summed E-state index contributed by atoms with van der Waals surface area (Å²) in [5, 5.41) is 0. The second kappa shape index (κ2) is 4.86. The van der Waals surface area contributed by atoms with E-state index >= 15 is 0 Å². The molecule has 0 radical (unpaired) electrons. The topological polar surface area (TPSA) is 48.4 Å². The van der Waals surface area contributed by atoms with Crippen molar-refractivity contribution in [2.75, 3.05) is 13.2 Å². The summed E-state index contributed by atoms with van der Waals surface area (Å²) in [4.78, 5) is 3.84. The molecule has 0 aromatic carbocycles. The Balaban J connectivity index is 2.85. The van der Waals surface area contributed by atoms with Crippen LogP contribution in [-0.2, 0) is 13.6 Å². The van der Waals surface area contributed by atoms with Gasteiger partial charge in [-0.05, 0) is 13.8 Å². The van der Waals surface area contributed by atoms with Crippen LogP contribution in [0.1, 0.15) is 13.8 Å². The third-order valence-corrected chi connectivity index (χ3v) is 4.70. The highest BCUT2D eigenvalue weighted by Crippen LogP contribution is 2.47. The summed E-state index contributed by atoms with van der Waals surface area (Å²) >= 11 is 1.29. The summed E-state index contributed by atoms with van der Waals surface area (Å²) in [7, 11) is -3.07. The average molecular weight is 221 g/mol. The minimum atomic E-state index is -3.07. The number of thiazole rings is 1. The Morgan fingerprint density at radius 1 is 1.46 bits per heavy atom. The normalized spacial score (nSPS) is 11.8. The van der Waals surface area contributed by atoms with Crippen LogP contribution in [0.15, 0.2) is 11.7 Å². The molecule has 0 aliphatic carbocycles. The maximum Gasteiger partial charge on any atom is 0.372 e. The number of nitrogens with zero attached hydrogens (tertiary/aromatic N) is 1. The maximum atomic E-state index is 12.0. The zero-order valence-electron chi connectivity index (χ0n) is 7.60. The van der Waals surface area contributed by atoms with Gasteiger partial charge in [0.05, 0.1) is 24.9 Å². The van der Waals surface area contributed by atoms with Crippen molar-refractivity contribution in [3.8, 4) is 0 Å². The van der Waals surface area contributed by atoms with Gasteiger partial charge in [0.1, 0.15) is 4.62 Å². The van der Waals surface area contributed by atoms with Crippen LogP contribution in [0.2, 0.25) is 0 Å². The largest absolute Gasteiger partial charge is 0.372 e. The van der Waals surface area contributed by atoms with Gasteiger partial charge in [-0.2, -0.15) is 0 Å². The zero-order chi connectivity index (χ0) is 9.73. The minimum absolute atomic E-state index is 0.370. The van der Waals surface area contributed by atoms with Gasteiger partial charge in [-0.1, -0.05) is 0 Å². The van der Waals surface area contributed by atoms with Crippen molar-refractivity contribution in [3.05, 3.63) is 11.7 Å². The molecule has 1 aromatic heterocycles. The molecule has 0 saturated carbocycles. The van der Waals surface area contributed by atoms with Crippen molar-refractivity contribution in [3.63, 3.8) is 0 Å². The monoisotopic (exact) mass is 221 g/mol. The lowest BCUT2D eigenvalue weighted by Crippen LogP contribution is -2.06. The molecule has 6 heteroatoms. The van der Waals surface area contributed by atoms with Crippen LogP contribution in [0.3, 0.4) is 0 Å². The molecule has 0 fully saturated rings. The molecule has 1 aromatic rings. The molecule has 4 nitrogen and oxygen atoms in total. The molecule has 1 heterocycles. The molecule has 0 aliphatic heterocycles. The van der Waals surface area contributed by atoms with Crippen molar-refractivity contribution in [2.24, 2.45) is 0 Å².